The van der Waals surface area contributed by atoms with Crippen molar-refractivity contribution in [3.8, 4) is 0 Å². The molecule has 3 heterocycles. The van der Waals surface area contributed by atoms with E-state index >= 15 is 0 Å². The van der Waals surface area contributed by atoms with E-state index in [1.165, 1.54) is 23.3 Å². The first kappa shape index (κ1) is 15.8. The molecule has 1 aliphatic carbocycles. The van der Waals surface area contributed by atoms with E-state index in [-0.39, 0.29) is 11.8 Å². The molecule has 5 nitrogen and oxygen atoms in total. The SMILES string of the molecule is Cc1ccsc1CN1Cc2ncn(C)c2C(C(=O)NCC2CC2)C1. The third-order valence-corrected chi connectivity index (χ3v) is 6.13. The summed E-state index contributed by atoms with van der Waals surface area (Å²) in [5.74, 6) is 0.730. The van der Waals surface area contributed by atoms with Gasteiger partial charge in [-0.3, -0.25) is 9.69 Å². The van der Waals surface area contributed by atoms with Crippen molar-refractivity contribution in [2.75, 3.05) is 13.1 Å². The van der Waals surface area contributed by atoms with Gasteiger partial charge in [0.1, 0.15) is 0 Å². The van der Waals surface area contributed by atoms with E-state index in [1.54, 1.807) is 11.3 Å². The number of imidazole rings is 1. The average Bonchev–Trinajstić information content (AvgIpc) is 3.22. The van der Waals surface area contributed by atoms with E-state index in [4.69, 9.17) is 0 Å². The first-order chi connectivity index (χ1) is 11.6. The molecule has 1 unspecified atom stereocenters. The molecule has 0 saturated heterocycles. The molecule has 0 spiro atoms. The van der Waals surface area contributed by atoms with E-state index < -0.39 is 0 Å². The number of fused-ring (bicyclic) bond motifs is 1. The second-order valence-electron chi connectivity index (χ2n) is 7.12. The highest BCUT2D eigenvalue weighted by Crippen LogP contribution is 2.31. The Morgan fingerprint density at radius 1 is 1.46 bits per heavy atom. The Labute approximate surface area is 146 Å². The highest BCUT2D eigenvalue weighted by atomic mass is 32.1. The van der Waals surface area contributed by atoms with Gasteiger partial charge in [0.15, 0.2) is 0 Å². The van der Waals surface area contributed by atoms with Crippen LogP contribution in [0.25, 0.3) is 0 Å². The average molecular weight is 344 g/mol. The highest BCUT2D eigenvalue weighted by Gasteiger charge is 2.34. The van der Waals surface area contributed by atoms with Crippen LogP contribution in [-0.4, -0.2) is 33.4 Å². The maximum absolute atomic E-state index is 12.8. The minimum atomic E-state index is -0.125. The number of rotatable bonds is 5. The highest BCUT2D eigenvalue weighted by molar-refractivity contribution is 7.10. The molecule has 1 N–H and O–H groups in total. The molecule has 1 fully saturated rings. The number of nitrogens with one attached hydrogen (secondary N) is 1. The monoisotopic (exact) mass is 344 g/mol. The summed E-state index contributed by atoms with van der Waals surface area (Å²) in [6.07, 6.45) is 4.35. The molecule has 0 aromatic carbocycles. The summed E-state index contributed by atoms with van der Waals surface area (Å²) in [5.41, 5.74) is 3.47. The second-order valence-corrected chi connectivity index (χ2v) is 8.13. The van der Waals surface area contributed by atoms with Crippen LogP contribution in [0.1, 0.15) is 40.6 Å². The standard InChI is InChI=1S/C18H24N4OS/c1-12-5-6-24-16(12)10-22-8-14(18(23)19-7-13-3-4-13)17-15(9-22)20-11-21(17)2/h5-6,11,13-14H,3-4,7-10H2,1-2H3,(H,19,23). The van der Waals surface area contributed by atoms with E-state index in [1.807, 2.05) is 17.9 Å². The van der Waals surface area contributed by atoms with Crippen LogP contribution in [0.2, 0.25) is 0 Å². The van der Waals surface area contributed by atoms with Crippen molar-refractivity contribution in [2.45, 2.75) is 38.8 Å². The Morgan fingerprint density at radius 2 is 2.29 bits per heavy atom. The largest absolute Gasteiger partial charge is 0.355 e. The predicted octanol–water partition coefficient (Wildman–Crippen LogP) is 2.42. The van der Waals surface area contributed by atoms with Crippen molar-refractivity contribution in [1.29, 1.82) is 0 Å². The molecule has 0 radical (unpaired) electrons. The summed E-state index contributed by atoms with van der Waals surface area (Å²) >= 11 is 1.79. The molecule has 6 heteroatoms. The molecular weight excluding hydrogens is 320 g/mol. The van der Waals surface area contributed by atoms with Gasteiger partial charge >= 0.3 is 0 Å². The molecule has 1 atom stereocenters. The molecule has 1 aliphatic heterocycles. The normalized spacial score (nSPS) is 20.8. The lowest BCUT2D eigenvalue weighted by Crippen LogP contribution is -2.42. The van der Waals surface area contributed by atoms with Crippen molar-refractivity contribution in [1.82, 2.24) is 19.8 Å². The van der Waals surface area contributed by atoms with Gasteiger partial charge in [0.2, 0.25) is 5.91 Å². The number of carbonyl (C=O) groups is 1. The van der Waals surface area contributed by atoms with Crippen LogP contribution < -0.4 is 5.32 Å². The summed E-state index contributed by atoms with van der Waals surface area (Å²) in [6, 6.07) is 2.16. The van der Waals surface area contributed by atoms with Crippen molar-refractivity contribution in [3.05, 3.63) is 39.6 Å². The van der Waals surface area contributed by atoms with Crippen LogP contribution >= 0.6 is 11.3 Å². The van der Waals surface area contributed by atoms with Gasteiger partial charge in [0.05, 0.1) is 23.6 Å². The first-order valence-corrected chi connectivity index (χ1v) is 9.53. The van der Waals surface area contributed by atoms with E-state index in [2.05, 4.69) is 33.6 Å². The Balaban J connectivity index is 1.53. The number of hydrogen-bond donors (Lipinski definition) is 1. The van der Waals surface area contributed by atoms with Gasteiger partial charge in [-0.1, -0.05) is 0 Å². The fraction of sp³-hybridized carbons (Fsp3) is 0.556. The topological polar surface area (TPSA) is 50.2 Å². The minimum Gasteiger partial charge on any atom is -0.355 e. The zero-order valence-corrected chi connectivity index (χ0v) is 15.1. The maximum atomic E-state index is 12.8. The molecule has 1 amide bonds. The number of aromatic nitrogens is 2. The van der Waals surface area contributed by atoms with Crippen molar-refractivity contribution in [3.63, 3.8) is 0 Å². The molecule has 2 aliphatic rings. The van der Waals surface area contributed by atoms with Gasteiger partial charge in [-0.2, -0.15) is 0 Å². The third-order valence-electron chi connectivity index (χ3n) is 5.12. The Hall–Kier alpha value is -1.66. The van der Waals surface area contributed by atoms with Gasteiger partial charge in [0.25, 0.3) is 0 Å². The van der Waals surface area contributed by atoms with Gasteiger partial charge in [0, 0.05) is 38.1 Å². The fourth-order valence-electron chi connectivity index (χ4n) is 3.46. The molecule has 2 aromatic heterocycles. The Bertz CT molecular complexity index is 746. The number of amides is 1. The summed E-state index contributed by atoms with van der Waals surface area (Å²) in [5, 5.41) is 5.30. The summed E-state index contributed by atoms with van der Waals surface area (Å²) in [7, 11) is 1.99. The van der Waals surface area contributed by atoms with Crippen LogP contribution in [0.4, 0.5) is 0 Å². The molecule has 128 valence electrons. The quantitative estimate of drug-likeness (QED) is 0.906. The van der Waals surface area contributed by atoms with Crippen LogP contribution in [0.5, 0.6) is 0 Å². The lowest BCUT2D eigenvalue weighted by Gasteiger charge is -2.32. The van der Waals surface area contributed by atoms with Crippen molar-refractivity contribution < 1.29 is 4.79 Å². The molecule has 0 bridgehead atoms. The van der Waals surface area contributed by atoms with Gasteiger partial charge < -0.3 is 9.88 Å². The van der Waals surface area contributed by atoms with Gasteiger partial charge in [-0.05, 0) is 42.7 Å². The lowest BCUT2D eigenvalue weighted by atomic mass is 9.97. The first-order valence-electron chi connectivity index (χ1n) is 8.65. The maximum Gasteiger partial charge on any atom is 0.230 e. The number of hydrogen-bond acceptors (Lipinski definition) is 4. The molecule has 1 saturated carbocycles. The van der Waals surface area contributed by atoms with Crippen molar-refractivity contribution >= 4 is 17.2 Å². The van der Waals surface area contributed by atoms with Crippen LogP contribution in [-0.2, 0) is 24.9 Å². The number of nitrogens with zero attached hydrogens (tertiary/aromatic N) is 3. The Morgan fingerprint density at radius 3 is 3.00 bits per heavy atom. The smallest absolute Gasteiger partial charge is 0.230 e. The minimum absolute atomic E-state index is 0.125. The number of thiophene rings is 1. The Kier molecular flexibility index (Phi) is 4.18. The van der Waals surface area contributed by atoms with Crippen LogP contribution in [0.3, 0.4) is 0 Å². The van der Waals surface area contributed by atoms with E-state index in [9.17, 15) is 4.79 Å². The van der Waals surface area contributed by atoms with Gasteiger partial charge in [-0.25, -0.2) is 4.98 Å². The summed E-state index contributed by atoms with van der Waals surface area (Å²) in [4.78, 5) is 21.1. The van der Waals surface area contributed by atoms with E-state index in [0.29, 0.717) is 5.92 Å². The van der Waals surface area contributed by atoms with Gasteiger partial charge in [-0.15, -0.1) is 11.3 Å². The zero-order valence-electron chi connectivity index (χ0n) is 14.3. The third kappa shape index (κ3) is 3.13. The number of aryl methyl sites for hydroxylation is 2. The van der Waals surface area contributed by atoms with Crippen LogP contribution in [0, 0.1) is 12.8 Å². The fourth-order valence-corrected chi connectivity index (χ4v) is 4.41. The molecule has 2 aromatic rings. The molecule has 4 rings (SSSR count). The van der Waals surface area contributed by atoms with E-state index in [0.717, 1.165) is 37.6 Å². The summed E-state index contributed by atoms with van der Waals surface area (Å²) in [6.45, 7) is 5.46. The molecule has 24 heavy (non-hydrogen) atoms. The van der Waals surface area contributed by atoms with Crippen molar-refractivity contribution in [2.24, 2.45) is 13.0 Å². The molecular formula is C18H24N4OS. The summed E-state index contributed by atoms with van der Waals surface area (Å²) < 4.78 is 2.02. The van der Waals surface area contributed by atoms with Crippen LogP contribution in [0.15, 0.2) is 17.8 Å². The number of carbonyl (C=O) groups excluding carboxylic acids is 1. The lowest BCUT2D eigenvalue weighted by molar-refractivity contribution is -0.123. The second kappa shape index (κ2) is 6.33. The predicted molar refractivity (Wildman–Crippen MR) is 94.9 cm³/mol. The zero-order chi connectivity index (χ0) is 16.7.